The van der Waals surface area contributed by atoms with Crippen LogP contribution in [0.2, 0.25) is 0 Å². The van der Waals surface area contributed by atoms with Crippen LogP contribution in [0.4, 0.5) is 0 Å². The number of aromatic hydroxyl groups is 1. The average Bonchev–Trinajstić information content (AvgIpc) is 3.31. The summed E-state index contributed by atoms with van der Waals surface area (Å²) in [4.78, 5) is 35.9. The van der Waals surface area contributed by atoms with Gasteiger partial charge in [0, 0.05) is 17.3 Å². The van der Waals surface area contributed by atoms with E-state index in [0.717, 1.165) is 4.88 Å². The number of phenols is 1. The summed E-state index contributed by atoms with van der Waals surface area (Å²) in [5.41, 5.74) is 0.659. The Morgan fingerprint density at radius 2 is 1.93 bits per heavy atom. The number of Topliss-reactive ketones (excluding diaryl/α,β-unsaturated/α-hetero) is 1. The third-order valence-corrected chi connectivity index (χ3v) is 5.32. The number of likely N-dealkylation sites (tertiary alicyclic amines) is 1. The van der Waals surface area contributed by atoms with Crippen molar-refractivity contribution in [1.29, 1.82) is 0 Å². The molecule has 0 aliphatic carbocycles. The summed E-state index contributed by atoms with van der Waals surface area (Å²) in [6.07, 6.45) is 4.17. The van der Waals surface area contributed by atoms with Crippen molar-refractivity contribution in [3.05, 3.63) is 82.1 Å². The van der Waals surface area contributed by atoms with Gasteiger partial charge < -0.3 is 15.1 Å². The highest BCUT2D eigenvalue weighted by molar-refractivity contribution is 7.09. The minimum atomic E-state index is -0.801. The average molecular weight is 393 g/mol. The molecule has 0 bridgehead atoms. The van der Waals surface area contributed by atoms with Crippen LogP contribution in [-0.2, 0) is 16.1 Å². The first-order valence-corrected chi connectivity index (χ1v) is 9.30. The lowest BCUT2D eigenvalue weighted by Crippen LogP contribution is -2.28. The van der Waals surface area contributed by atoms with Gasteiger partial charge >= 0.3 is 0 Å². The van der Waals surface area contributed by atoms with E-state index in [4.69, 9.17) is 0 Å². The van der Waals surface area contributed by atoms with Crippen molar-refractivity contribution in [2.24, 2.45) is 0 Å². The minimum Gasteiger partial charge on any atom is -0.508 e. The van der Waals surface area contributed by atoms with Gasteiger partial charge in [-0.15, -0.1) is 11.3 Å². The fourth-order valence-corrected chi connectivity index (χ4v) is 3.88. The summed E-state index contributed by atoms with van der Waals surface area (Å²) in [6.45, 7) is 0.227. The molecule has 0 radical (unpaired) electrons. The highest BCUT2D eigenvalue weighted by Crippen LogP contribution is 2.40. The number of hydrogen-bond acceptors (Lipinski definition) is 7. The fraction of sp³-hybridized carbons (Fsp3) is 0.100. The second-order valence-corrected chi connectivity index (χ2v) is 7.22. The molecule has 7 nitrogen and oxygen atoms in total. The van der Waals surface area contributed by atoms with Gasteiger partial charge in [-0.05, 0) is 29.1 Å². The van der Waals surface area contributed by atoms with Crippen LogP contribution < -0.4 is 0 Å². The van der Waals surface area contributed by atoms with Crippen LogP contribution in [0.1, 0.15) is 22.2 Å². The van der Waals surface area contributed by atoms with E-state index in [0.29, 0.717) is 5.56 Å². The van der Waals surface area contributed by atoms with Gasteiger partial charge in [0.25, 0.3) is 11.7 Å². The van der Waals surface area contributed by atoms with E-state index in [9.17, 15) is 19.8 Å². The van der Waals surface area contributed by atoms with Crippen molar-refractivity contribution in [3.8, 4) is 5.75 Å². The van der Waals surface area contributed by atoms with E-state index in [-0.39, 0.29) is 29.3 Å². The molecule has 1 aliphatic heterocycles. The normalized spacial score (nSPS) is 18.6. The van der Waals surface area contributed by atoms with Crippen LogP contribution in [0.5, 0.6) is 5.75 Å². The number of ketones is 1. The number of rotatable bonds is 4. The molecule has 1 atom stereocenters. The molecule has 28 heavy (non-hydrogen) atoms. The third kappa shape index (κ3) is 3.14. The zero-order chi connectivity index (χ0) is 19.7. The summed E-state index contributed by atoms with van der Waals surface area (Å²) < 4.78 is 0. The number of benzene rings is 1. The van der Waals surface area contributed by atoms with Gasteiger partial charge in [0.1, 0.15) is 11.4 Å². The highest BCUT2D eigenvalue weighted by Gasteiger charge is 2.46. The van der Waals surface area contributed by atoms with E-state index in [2.05, 4.69) is 9.97 Å². The Labute approximate surface area is 164 Å². The molecule has 1 saturated heterocycles. The first-order valence-electron chi connectivity index (χ1n) is 8.42. The number of carbonyl (C=O) groups is 2. The van der Waals surface area contributed by atoms with Gasteiger partial charge in [0.15, 0.2) is 5.76 Å². The molecule has 1 unspecified atom stereocenters. The second-order valence-electron chi connectivity index (χ2n) is 6.19. The number of nitrogens with zero attached hydrogens (tertiary/aromatic N) is 3. The number of aliphatic hydroxyl groups excluding tert-OH is 1. The van der Waals surface area contributed by atoms with E-state index >= 15 is 0 Å². The van der Waals surface area contributed by atoms with Crippen LogP contribution in [0.15, 0.2) is 65.9 Å². The molecular formula is C20H15N3O4S. The van der Waals surface area contributed by atoms with Gasteiger partial charge in [-0.3, -0.25) is 14.6 Å². The molecule has 3 heterocycles. The molecular weight excluding hydrogens is 378 g/mol. The number of aromatic nitrogens is 2. The zero-order valence-electron chi connectivity index (χ0n) is 14.5. The van der Waals surface area contributed by atoms with Crippen molar-refractivity contribution in [2.45, 2.75) is 12.6 Å². The molecule has 1 amide bonds. The lowest BCUT2D eigenvalue weighted by atomic mass is 9.96. The predicted octanol–water partition coefficient (Wildman–Crippen LogP) is 2.87. The van der Waals surface area contributed by atoms with Crippen LogP contribution in [0, 0.1) is 0 Å². The number of hydrogen-bond donors (Lipinski definition) is 2. The first-order chi connectivity index (χ1) is 13.6. The van der Waals surface area contributed by atoms with E-state index < -0.39 is 17.7 Å². The van der Waals surface area contributed by atoms with Crippen molar-refractivity contribution < 1.29 is 19.8 Å². The first kappa shape index (κ1) is 17.9. The summed E-state index contributed by atoms with van der Waals surface area (Å²) >= 11 is 1.47. The van der Waals surface area contributed by atoms with Crippen LogP contribution >= 0.6 is 11.3 Å². The molecule has 0 spiro atoms. The number of thiophene rings is 1. The van der Waals surface area contributed by atoms with Crippen molar-refractivity contribution >= 4 is 28.8 Å². The Balaban J connectivity index is 1.86. The lowest BCUT2D eigenvalue weighted by Gasteiger charge is -2.24. The second kappa shape index (κ2) is 7.24. The number of phenolic OH excluding ortho intramolecular Hbond substituents is 1. The Hall–Kier alpha value is -3.52. The van der Waals surface area contributed by atoms with Crippen molar-refractivity contribution in [1.82, 2.24) is 14.9 Å². The zero-order valence-corrected chi connectivity index (χ0v) is 15.3. The van der Waals surface area contributed by atoms with Crippen LogP contribution in [0.3, 0.4) is 0 Å². The predicted molar refractivity (Wildman–Crippen MR) is 102 cm³/mol. The van der Waals surface area contributed by atoms with Gasteiger partial charge in [-0.2, -0.15) is 0 Å². The minimum absolute atomic E-state index is 0.0484. The summed E-state index contributed by atoms with van der Waals surface area (Å²) in [5.74, 6) is -1.79. The maximum atomic E-state index is 12.8. The molecule has 1 aliphatic rings. The Kier molecular flexibility index (Phi) is 4.62. The quantitative estimate of drug-likeness (QED) is 0.401. The molecule has 2 aromatic heterocycles. The van der Waals surface area contributed by atoms with Gasteiger partial charge in [-0.1, -0.05) is 18.2 Å². The van der Waals surface area contributed by atoms with E-state index in [1.807, 2.05) is 17.5 Å². The molecule has 140 valence electrons. The Morgan fingerprint density at radius 1 is 1.14 bits per heavy atom. The molecule has 2 N–H and O–H groups in total. The van der Waals surface area contributed by atoms with Crippen LogP contribution in [-0.4, -0.2) is 36.8 Å². The van der Waals surface area contributed by atoms with Gasteiger partial charge in [-0.25, -0.2) is 4.98 Å². The third-order valence-electron chi connectivity index (χ3n) is 4.46. The lowest BCUT2D eigenvalue weighted by molar-refractivity contribution is -0.140. The smallest absolute Gasteiger partial charge is 0.295 e. The molecule has 4 rings (SSSR count). The van der Waals surface area contributed by atoms with E-state index in [1.165, 1.54) is 47.0 Å². The van der Waals surface area contributed by atoms with Crippen molar-refractivity contribution in [3.63, 3.8) is 0 Å². The molecule has 0 saturated carbocycles. The summed E-state index contributed by atoms with van der Waals surface area (Å²) in [6, 6.07) is 9.14. The maximum Gasteiger partial charge on any atom is 0.295 e. The standard InChI is InChI=1S/C20H15N3O4S/c24-13-5-3-12(4-6-13)17-16(18(25)15-10-21-7-8-22-15)19(26)20(27)23(17)11-14-2-1-9-28-14/h1-10,17,24-25H,11H2/b18-16+. The van der Waals surface area contributed by atoms with Crippen LogP contribution in [0.25, 0.3) is 5.76 Å². The summed E-state index contributed by atoms with van der Waals surface area (Å²) in [7, 11) is 0. The SMILES string of the molecule is O=C1C(=O)N(Cc2cccs2)C(c2ccc(O)cc2)/C1=C(\O)c1cnccn1. The number of aliphatic hydroxyl groups is 1. The monoisotopic (exact) mass is 393 g/mol. The largest absolute Gasteiger partial charge is 0.508 e. The Bertz CT molecular complexity index is 1050. The number of amides is 1. The Morgan fingerprint density at radius 3 is 2.57 bits per heavy atom. The molecule has 3 aromatic rings. The molecule has 1 aromatic carbocycles. The van der Waals surface area contributed by atoms with Crippen molar-refractivity contribution in [2.75, 3.05) is 0 Å². The fourth-order valence-electron chi connectivity index (χ4n) is 3.18. The van der Waals surface area contributed by atoms with Gasteiger partial charge in [0.2, 0.25) is 0 Å². The van der Waals surface area contributed by atoms with E-state index in [1.54, 1.807) is 12.1 Å². The maximum absolute atomic E-state index is 12.8. The molecule has 1 fully saturated rings. The highest BCUT2D eigenvalue weighted by atomic mass is 32.1. The van der Waals surface area contributed by atoms with Gasteiger partial charge in [0.05, 0.1) is 24.4 Å². The summed E-state index contributed by atoms with van der Waals surface area (Å²) in [5, 5.41) is 22.3. The topological polar surface area (TPSA) is 104 Å². The molecule has 8 heteroatoms. The number of carbonyl (C=O) groups excluding carboxylic acids is 2.